The first kappa shape index (κ1) is 17.8. The van der Waals surface area contributed by atoms with Crippen molar-refractivity contribution in [3.63, 3.8) is 0 Å². The molecule has 2 aromatic rings. The third-order valence-electron chi connectivity index (χ3n) is 3.77. The van der Waals surface area contributed by atoms with E-state index in [1.165, 1.54) is 19.3 Å². The maximum Gasteiger partial charge on any atom is 0.293 e. The fraction of sp³-hybridized carbons (Fsp3) is 0.105. The second-order valence-corrected chi connectivity index (χ2v) is 6.48. The number of thioether (sulfide) groups is 1. The average Bonchev–Trinajstić information content (AvgIpc) is 2.91. The molecular formula is C19H15NO5S. The van der Waals surface area contributed by atoms with E-state index in [1.807, 2.05) is 0 Å². The van der Waals surface area contributed by atoms with Crippen LogP contribution in [0.15, 0.2) is 53.4 Å². The Morgan fingerprint density at radius 3 is 2.62 bits per heavy atom. The zero-order valence-electron chi connectivity index (χ0n) is 13.8. The molecule has 7 heteroatoms. The van der Waals surface area contributed by atoms with Crippen molar-refractivity contribution < 1.29 is 24.2 Å². The summed E-state index contributed by atoms with van der Waals surface area (Å²) in [6.45, 7) is -0.301. The van der Waals surface area contributed by atoms with Crippen molar-refractivity contribution in [3.8, 4) is 11.5 Å². The molecule has 0 unspecified atom stereocenters. The predicted octanol–water partition coefficient (Wildman–Crippen LogP) is 3.32. The van der Waals surface area contributed by atoms with Crippen molar-refractivity contribution in [1.82, 2.24) is 4.90 Å². The van der Waals surface area contributed by atoms with Crippen LogP contribution in [0.5, 0.6) is 11.5 Å². The number of phenols is 1. The molecule has 1 heterocycles. The Kier molecular flexibility index (Phi) is 5.09. The quantitative estimate of drug-likeness (QED) is 0.643. The second kappa shape index (κ2) is 7.45. The molecule has 1 fully saturated rings. The molecule has 1 saturated heterocycles. The number of ether oxygens (including phenoxy) is 1. The highest BCUT2D eigenvalue weighted by molar-refractivity contribution is 8.18. The minimum absolute atomic E-state index is 0.0220. The minimum atomic E-state index is -0.517. The molecule has 0 saturated carbocycles. The van der Waals surface area contributed by atoms with Crippen LogP contribution in [0.25, 0.3) is 6.08 Å². The summed E-state index contributed by atoms with van der Waals surface area (Å²) in [4.78, 5) is 38.0. The number of methoxy groups -OCH3 is 1. The average molecular weight is 369 g/mol. The molecule has 0 aliphatic carbocycles. The van der Waals surface area contributed by atoms with Gasteiger partial charge in [0, 0.05) is 5.56 Å². The van der Waals surface area contributed by atoms with Gasteiger partial charge in [0.25, 0.3) is 11.1 Å². The number of hydrogen-bond donors (Lipinski definition) is 1. The molecule has 0 bridgehead atoms. The number of rotatable bonds is 5. The molecule has 6 nitrogen and oxygen atoms in total. The molecule has 2 amide bonds. The molecule has 0 aromatic heterocycles. The highest BCUT2D eigenvalue weighted by Gasteiger charge is 2.36. The summed E-state index contributed by atoms with van der Waals surface area (Å²) in [7, 11) is 1.42. The fourth-order valence-corrected chi connectivity index (χ4v) is 3.27. The molecule has 1 N–H and O–H groups in total. The number of benzene rings is 2. The van der Waals surface area contributed by atoms with Crippen LogP contribution in [0.2, 0.25) is 0 Å². The summed E-state index contributed by atoms with van der Waals surface area (Å²) in [5.74, 6) is -0.583. The van der Waals surface area contributed by atoms with Gasteiger partial charge in [-0.3, -0.25) is 19.3 Å². The van der Waals surface area contributed by atoms with Gasteiger partial charge in [-0.25, -0.2) is 0 Å². The monoisotopic (exact) mass is 369 g/mol. The number of carbonyl (C=O) groups is 3. The second-order valence-electron chi connectivity index (χ2n) is 5.49. The van der Waals surface area contributed by atoms with Crippen LogP contribution in [0, 0.1) is 0 Å². The predicted molar refractivity (Wildman–Crippen MR) is 98.1 cm³/mol. The van der Waals surface area contributed by atoms with E-state index in [0.29, 0.717) is 11.1 Å². The van der Waals surface area contributed by atoms with Gasteiger partial charge >= 0.3 is 0 Å². The van der Waals surface area contributed by atoms with Gasteiger partial charge in [0.15, 0.2) is 17.3 Å². The van der Waals surface area contributed by atoms with Gasteiger partial charge in [0.1, 0.15) is 0 Å². The lowest BCUT2D eigenvalue weighted by Gasteiger charge is -2.11. The first-order valence-electron chi connectivity index (χ1n) is 7.70. The van der Waals surface area contributed by atoms with Crippen molar-refractivity contribution in [3.05, 3.63) is 64.6 Å². The van der Waals surface area contributed by atoms with Crippen LogP contribution in [-0.2, 0) is 4.79 Å². The maximum atomic E-state index is 12.5. The SMILES string of the molecule is COc1cc(/C=C2/SC(=O)N(CC(=O)c3ccccc3)C2=O)ccc1O. The molecule has 3 rings (SSSR count). The third kappa shape index (κ3) is 3.62. The maximum absolute atomic E-state index is 12.5. The Labute approximate surface area is 154 Å². The first-order valence-corrected chi connectivity index (χ1v) is 8.52. The zero-order valence-corrected chi connectivity index (χ0v) is 14.7. The van der Waals surface area contributed by atoms with Crippen LogP contribution >= 0.6 is 11.8 Å². The number of ketones is 1. The van der Waals surface area contributed by atoms with Gasteiger partial charge in [-0.1, -0.05) is 36.4 Å². The van der Waals surface area contributed by atoms with E-state index in [4.69, 9.17) is 4.74 Å². The Hall–Kier alpha value is -3.06. The van der Waals surface area contributed by atoms with E-state index in [2.05, 4.69) is 0 Å². The van der Waals surface area contributed by atoms with E-state index in [-0.39, 0.29) is 28.7 Å². The van der Waals surface area contributed by atoms with E-state index in [9.17, 15) is 19.5 Å². The third-order valence-corrected chi connectivity index (χ3v) is 4.68. The number of carbonyl (C=O) groups excluding carboxylic acids is 3. The van der Waals surface area contributed by atoms with Gasteiger partial charge in [-0.2, -0.15) is 0 Å². The Bertz CT molecular complexity index is 907. The van der Waals surface area contributed by atoms with Gasteiger partial charge in [0.2, 0.25) is 0 Å². The highest BCUT2D eigenvalue weighted by Crippen LogP contribution is 2.34. The van der Waals surface area contributed by atoms with Gasteiger partial charge in [-0.15, -0.1) is 0 Å². The van der Waals surface area contributed by atoms with Crippen LogP contribution in [0.1, 0.15) is 15.9 Å². The first-order chi connectivity index (χ1) is 12.5. The molecule has 132 valence electrons. The largest absolute Gasteiger partial charge is 0.504 e. The molecule has 26 heavy (non-hydrogen) atoms. The zero-order chi connectivity index (χ0) is 18.7. The number of amides is 2. The molecule has 0 spiro atoms. The van der Waals surface area contributed by atoms with Crippen molar-refractivity contribution in [2.24, 2.45) is 0 Å². The van der Waals surface area contributed by atoms with Gasteiger partial charge in [0.05, 0.1) is 18.6 Å². The summed E-state index contributed by atoms with van der Waals surface area (Å²) in [6.07, 6.45) is 1.53. The van der Waals surface area contributed by atoms with Crippen molar-refractivity contribution in [1.29, 1.82) is 0 Å². The Morgan fingerprint density at radius 2 is 1.92 bits per heavy atom. The summed E-state index contributed by atoms with van der Waals surface area (Å²) in [6, 6.07) is 13.1. The number of phenolic OH excluding ortho intramolecular Hbond substituents is 1. The summed E-state index contributed by atoms with van der Waals surface area (Å²) in [5.41, 5.74) is 1.04. The number of nitrogens with zero attached hydrogens (tertiary/aromatic N) is 1. The van der Waals surface area contributed by atoms with Crippen molar-refractivity contribution >= 4 is 34.8 Å². The molecule has 2 aromatic carbocycles. The van der Waals surface area contributed by atoms with Crippen LogP contribution in [0.4, 0.5) is 4.79 Å². The molecule has 1 aliphatic rings. The van der Waals surface area contributed by atoms with Crippen LogP contribution < -0.4 is 4.74 Å². The van der Waals surface area contributed by atoms with Crippen LogP contribution in [0.3, 0.4) is 0 Å². The normalized spacial score (nSPS) is 15.6. The van der Waals surface area contributed by atoms with E-state index in [1.54, 1.807) is 42.5 Å². The topological polar surface area (TPSA) is 83.9 Å². The standard InChI is InChI=1S/C19H15NO5S/c1-25-16-9-12(7-8-14(16)21)10-17-18(23)20(19(24)26-17)11-15(22)13-5-3-2-4-6-13/h2-10,21H,11H2,1H3/b17-10+. The van der Waals surface area contributed by atoms with E-state index >= 15 is 0 Å². The molecule has 0 atom stereocenters. The van der Waals surface area contributed by atoms with Gasteiger partial charge < -0.3 is 9.84 Å². The molecule has 1 aliphatic heterocycles. The number of hydrogen-bond acceptors (Lipinski definition) is 6. The lowest BCUT2D eigenvalue weighted by atomic mass is 10.1. The van der Waals surface area contributed by atoms with Gasteiger partial charge in [-0.05, 0) is 35.5 Å². The van der Waals surface area contributed by atoms with E-state index < -0.39 is 11.1 Å². The smallest absolute Gasteiger partial charge is 0.293 e. The lowest BCUT2D eigenvalue weighted by molar-refractivity contribution is -0.122. The summed E-state index contributed by atoms with van der Waals surface area (Å²) >= 11 is 0.774. The Morgan fingerprint density at radius 1 is 1.19 bits per heavy atom. The number of Topliss-reactive ketones (excluding diaryl/α,β-unsaturated/α-hetero) is 1. The van der Waals surface area contributed by atoms with Crippen molar-refractivity contribution in [2.75, 3.05) is 13.7 Å². The molecular weight excluding hydrogens is 354 g/mol. The Balaban J connectivity index is 1.79. The van der Waals surface area contributed by atoms with Crippen molar-refractivity contribution in [2.45, 2.75) is 0 Å². The number of aromatic hydroxyl groups is 1. The highest BCUT2D eigenvalue weighted by atomic mass is 32.2. The lowest BCUT2D eigenvalue weighted by Crippen LogP contribution is -2.33. The summed E-state index contributed by atoms with van der Waals surface area (Å²) in [5, 5.41) is 9.13. The van der Waals surface area contributed by atoms with Crippen LogP contribution in [-0.4, -0.2) is 40.6 Å². The molecule has 0 radical (unpaired) electrons. The summed E-state index contributed by atoms with van der Waals surface area (Å²) < 4.78 is 5.03. The fourth-order valence-electron chi connectivity index (χ4n) is 2.43. The number of imide groups is 1. The minimum Gasteiger partial charge on any atom is -0.504 e. The van der Waals surface area contributed by atoms with E-state index in [0.717, 1.165) is 16.7 Å².